The van der Waals surface area contributed by atoms with E-state index in [-0.39, 0.29) is 23.3 Å². The quantitative estimate of drug-likeness (QED) is 0.223. The van der Waals surface area contributed by atoms with Crippen LogP contribution in [-0.4, -0.2) is 42.6 Å². The fraction of sp³-hybridized carbons (Fsp3) is 0.333. The summed E-state index contributed by atoms with van der Waals surface area (Å²) in [6, 6.07) is 15.0. The van der Waals surface area contributed by atoms with Crippen LogP contribution in [0.5, 0.6) is 0 Å². The molecule has 2 fully saturated rings. The second-order valence-corrected chi connectivity index (χ2v) is 11.6. The SMILES string of the molecule is Cn1c(-c2ccc(F)cc2)c(C2CCCCC2)n2nc(C(=O)NC3(C(=O)Nc4ccc(C=CC(=O)O)cc4)CCC3)cc12. The number of carbonyl (C=O) groups is 3. The predicted molar refractivity (Wildman–Crippen MR) is 161 cm³/mol. The van der Waals surface area contributed by atoms with E-state index in [0.29, 0.717) is 24.1 Å². The van der Waals surface area contributed by atoms with Crippen molar-refractivity contribution in [3.05, 3.63) is 83.4 Å². The van der Waals surface area contributed by atoms with Gasteiger partial charge in [-0.2, -0.15) is 5.10 Å². The molecule has 2 saturated carbocycles. The molecule has 6 rings (SSSR count). The highest BCUT2D eigenvalue weighted by Crippen LogP contribution is 2.40. The Bertz CT molecular complexity index is 1710. The van der Waals surface area contributed by atoms with E-state index in [1.807, 2.05) is 16.1 Å². The minimum atomic E-state index is -1.04. The number of nitrogens with zero attached hydrogens (tertiary/aromatic N) is 3. The molecule has 43 heavy (non-hydrogen) atoms. The van der Waals surface area contributed by atoms with Crippen LogP contribution in [0.25, 0.3) is 23.0 Å². The maximum atomic E-state index is 13.7. The average molecular weight is 584 g/mol. The first-order chi connectivity index (χ1) is 20.7. The zero-order valence-electron chi connectivity index (χ0n) is 24.0. The maximum absolute atomic E-state index is 13.7. The number of carboxylic acid groups (broad SMARTS) is 1. The Kier molecular flexibility index (Phi) is 7.60. The smallest absolute Gasteiger partial charge is 0.328 e. The largest absolute Gasteiger partial charge is 0.478 e. The molecule has 0 bridgehead atoms. The van der Waals surface area contributed by atoms with Gasteiger partial charge in [0.05, 0.1) is 11.4 Å². The molecule has 0 radical (unpaired) electrons. The van der Waals surface area contributed by atoms with Crippen molar-refractivity contribution in [2.75, 3.05) is 5.32 Å². The Morgan fingerprint density at radius 3 is 2.33 bits per heavy atom. The summed E-state index contributed by atoms with van der Waals surface area (Å²) in [7, 11) is 1.94. The summed E-state index contributed by atoms with van der Waals surface area (Å²) in [5.41, 5.74) is 4.10. The third-order valence-electron chi connectivity index (χ3n) is 8.76. The van der Waals surface area contributed by atoms with Crippen LogP contribution < -0.4 is 10.6 Å². The van der Waals surface area contributed by atoms with Crippen molar-refractivity contribution < 1.29 is 23.9 Å². The number of aryl methyl sites for hydroxylation is 1. The van der Waals surface area contributed by atoms with E-state index in [1.165, 1.54) is 24.6 Å². The van der Waals surface area contributed by atoms with Crippen LogP contribution in [0, 0.1) is 5.82 Å². The van der Waals surface area contributed by atoms with Gasteiger partial charge in [0.2, 0.25) is 5.91 Å². The Labute approximate surface area is 248 Å². The van der Waals surface area contributed by atoms with Crippen LogP contribution in [0.1, 0.15) is 79.0 Å². The number of carbonyl (C=O) groups excluding carboxylic acids is 2. The molecular formula is C33H34FN5O4. The maximum Gasteiger partial charge on any atom is 0.328 e. The zero-order valence-corrected chi connectivity index (χ0v) is 24.0. The number of amides is 2. The summed E-state index contributed by atoms with van der Waals surface area (Å²) >= 11 is 0. The number of rotatable bonds is 8. The Morgan fingerprint density at radius 1 is 1.00 bits per heavy atom. The highest BCUT2D eigenvalue weighted by Gasteiger charge is 2.46. The lowest BCUT2D eigenvalue weighted by Crippen LogP contribution is -2.61. The first-order valence-electron chi connectivity index (χ1n) is 14.7. The summed E-state index contributed by atoms with van der Waals surface area (Å²) in [5, 5.41) is 19.5. The molecule has 2 aromatic heterocycles. The number of fused-ring (bicyclic) bond motifs is 1. The number of aliphatic carboxylic acids is 1. The number of anilines is 1. The normalized spacial score (nSPS) is 16.7. The number of aromatic nitrogens is 3. The number of benzene rings is 2. The lowest BCUT2D eigenvalue weighted by molar-refractivity contribution is -0.131. The van der Waals surface area contributed by atoms with Crippen LogP contribution in [0.3, 0.4) is 0 Å². The van der Waals surface area contributed by atoms with Crippen molar-refractivity contribution in [1.29, 1.82) is 0 Å². The summed E-state index contributed by atoms with van der Waals surface area (Å²) in [6.07, 6.45) is 9.84. The van der Waals surface area contributed by atoms with Gasteiger partial charge in [-0.05, 0) is 80.1 Å². The van der Waals surface area contributed by atoms with Crippen LogP contribution in [-0.2, 0) is 16.6 Å². The number of hydrogen-bond donors (Lipinski definition) is 3. The molecule has 3 N–H and O–H groups in total. The van der Waals surface area contributed by atoms with E-state index in [4.69, 9.17) is 10.2 Å². The third kappa shape index (κ3) is 5.57. The number of nitrogens with one attached hydrogen (secondary N) is 2. The van der Waals surface area contributed by atoms with E-state index < -0.39 is 17.4 Å². The molecule has 0 spiro atoms. The highest BCUT2D eigenvalue weighted by molar-refractivity contribution is 6.04. The average Bonchev–Trinajstić information content (AvgIpc) is 3.53. The predicted octanol–water partition coefficient (Wildman–Crippen LogP) is 5.92. The standard InChI is InChI=1S/C33H34FN5O4/c1-38-27-20-26(37-39(27)30(22-6-3-2-4-7-22)29(38)23-11-13-24(34)14-12-23)31(42)36-33(18-5-19-33)32(43)35-25-15-8-21(9-16-25)10-17-28(40)41/h8-17,20,22H,2-7,18-19H2,1H3,(H,35,43)(H,36,42)(H,40,41). The lowest BCUT2D eigenvalue weighted by Gasteiger charge is -2.40. The van der Waals surface area contributed by atoms with E-state index in [1.54, 1.807) is 42.5 Å². The third-order valence-corrected chi connectivity index (χ3v) is 8.76. The molecule has 2 aliphatic carbocycles. The molecular weight excluding hydrogens is 549 g/mol. The number of imidazole rings is 1. The van der Waals surface area contributed by atoms with Crippen molar-refractivity contribution in [3.63, 3.8) is 0 Å². The molecule has 4 aromatic rings. The first kappa shape index (κ1) is 28.4. The van der Waals surface area contributed by atoms with E-state index in [9.17, 15) is 18.8 Å². The molecule has 9 nitrogen and oxygen atoms in total. The van der Waals surface area contributed by atoms with Crippen LogP contribution in [0.15, 0.2) is 60.7 Å². The molecule has 2 aromatic carbocycles. The Balaban J connectivity index is 1.25. The van der Waals surface area contributed by atoms with E-state index in [0.717, 1.165) is 60.8 Å². The lowest BCUT2D eigenvalue weighted by atomic mass is 9.75. The van der Waals surface area contributed by atoms with Gasteiger partial charge in [-0.15, -0.1) is 0 Å². The molecule has 2 amide bonds. The highest BCUT2D eigenvalue weighted by atomic mass is 19.1. The topological polar surface area (TPSA) is 118 Å². The second kappa shape index (κ2) is 11.5. The van der Waals surface area contributed by atoms with Crippen LogP contribution in [0.4, 0.5) is 10.1 Å². The van der Waals surface area contributed by atoms with Crippen molar-refractivity contribution in [3.8, 4) is 11.3 Å². The van der Waals surface area contributed by atoms with E-state index >= 15 is 0 Å². The minimum absolute atomic E-state index is 0.238. The van der Waals surface area contributed by atoms with Gasteiger partial charge < -0.3 is 20.3 Å². The van der Waals surface area contributed by atoms with Gasteiger partial charge in [0.1, 0.15) is 17.0 Å². The van der Waals surface area contributed by atoms with Gasteiger partial charge in [-0.1, -0.05) is 31.4 Å². The fourth-order valence-electron chi connectivity index (χ4n) is 6.29. The molecule has 10 heteroatoms. The van der Waals surface area contributed by atoms with Gasteiger partial charge in [0.15, 0.2) is 5.69 Å². The zero-order chi connectivity index (χ0) is 30.1. The molecule has 0 saturated heterocycles. The summed E-state index contributed by atoms with van der Waals surface area (Å²) in [5.74, 6) is -1.77. The van der Waals surface area contributed by atoms with E-state index in [2.05, 4.69) is 10.6 Å². The number of carboxylic acids is 1. The van der Waals surface area contributed by atoms with Gasteiger partial charge in [-0.25, -0.2) is 13.7 Å². The van der Waals surface area contributed by atoms with Gasteiger partial charge in [0.25, 0.3) is 5.91 Å². The number of hydrogen-bond acceptors (Lipinski definition) is 4. The molecule has 0 atom stereocenters. The van der Waals surface area contributed by atoms with Crippen molar-refractivity contribution >= 4 is 35.2 Å². The van der Waals surface area contributed by atoms with Crippen LogP contribution in [0.2, 0.25) is 0 Å². The summed E-state index contributed by atoms with van der Waals surface area (Å²) in [4.78, 5) is 37.7. The molecule has 222 valence electrons. The molecule has 0 unspecified atom stereocenters. The molecule has 2 aliphatic rings. The molecule has 2 heterocycles. The van der Waals surface area contributed by atoms with Gasteiger partial charge in [0, 0.05) is 36.4 Å². The van der Waals surface area contributed by atoms with Crippen molar-refractivity contribution in [2.24, 2.45) is 7.05 Å². The fourth-order valence-corrected chi connectivity index (χ4v) is 6.29. The van der Waals surface area contributed by atoms with Crippen LogP contribution >= 0.6 is 0 Å². The molecule has 0 aliphatic heterocycles. The Hall–Kier alpha value is -4.73. The summed E-state index contributed by atoms with van der Waals surface area (Å²) in [6.45, 7) is 0. The summed E-state index contributed by atoms with van der Waals surface area (Å²) < 4.78 is 17.6. The van der Waals surface area contributed by atoms with Crippen molar-refractivity contribution in [2.45, 2.75) is 62.8 Å². The minimum Gasteiger partial charge on any atom is -0.478 e. The number of halogens is 1. The van der Waals surface area contributed by atoms with Gasteiger partial charge in [-0.3, -0.25) is 9.59 Å². The Morgan fingerprint density at radius 2 is 1.70 bits per heavy atom. The monoisotopic (exact) mass is 583 g/mol. The van der Waals surface area contributed by atoms with Crippen molar-refractivity contribution in [1.82, 2.24) is 19.5 Å². The first-order valence-corrected chi connectivity index (χ1v) is 14.7. The second-order valence-electron chi connectivity index (χ2n) is 11.6. The van der Waals surface area contributed by atoms with Gasteiger partial charge >= 0.3 is 5.97 Å².